The Balaban J connectivity index is 1.57. The highest BCUT2D eigenvalue weighted by atomic mass is 16.5. The number of hydrogen-bond donors (Lipinski definition) is 1. The molecule has 4 aromatic rings. The first-order valence-electron chi connectivity index (χ1n) is 10.1. The highest BCUT2D eigenvalue weighted by Gasteiger charge is 2.25. The van der Waals surface area contributed by atoms with Crippen molar-refractivity contribution in [2.75, 3.05) is 30.4 Å². The van der Waals surface area contributed by atoms with Crippen LogP contribution in [0.15, 0.2) is 52.9 Å². The van der Waals surface area contributed by atoms with Gasteiger partial charge in [0.15, 0.2) is 17.4 Å². The van der Waals surface area contributed by atoms with Crippen LogP contribution in [-0.4, -0.2) is 36.1 Å². The predicted octanol–water partition coefficient (Wildman–Crippen LogP) is 4.37. The minimum Gasteiger partial charge on any atom is -0.451 e. The SMILES string of the molecule is COCc1c(C(=O)Nc2nc3ccccc3nc2N2CCCC2)oc2ccccc12. The third kappa shape index (κ3) is 3.27. The molecule has 7 nitrogen and oxygen atoms in total. The lowest BCUT2D eigenvalue weighted by Crippen LogP contribution is -2.23. The van der Waals surface area contributed by atoms with Crippen molar-refractivity contribution in [1.82, 2.24) is 9.97 Å². The number of hydrogen-bond acceptors (Lipinski definition) is 6. The van der Waals surface area contributed by atoms with Crippen LogP contribution in [0.2, 0.25) is 0 Å². The fourth-order valence-electron chi connectivity index (χ4n) is 3.96. The van der Waals surface area contributed by atoms with Crippen molar-refractivity contribution < 1.29 is 13.9 Å². The third-order valence-corrected chi connectivity index (χ3v) is 5.38. The van der Waals surface area contributed by atoms with Crippen molar-refractivity contribution in [2.24, 2.45) is 0 Å². The number of furan rings is 1. The molecule has 2 aromatic heterocycles. The highest BCUT2D eigenvalue weighted by molar-refractivity contribution is 6.07. The van der Waals surface area contributed by atoms with Crippen LogP contribution in [0, 0.1) is 0 Å². The summed E-state index contributed by atoms with van der Waals surface area (Å²) in [7, 11) is 1.60. The molecular formula is C23H22N4O3. The van der Waals surface area contributed by atoms with Gasteiger partial charge in [-0.25, -0.2) is 9.97 Å². The van der Waals surface area contributed by atoms with E-state index in [2.05, 4.69) is 10.2 Å². The minimum absolute atomic E-state index is 0.236. The molecule has 30 heavy (non-hydrogen) atoms. The second-order valence-corrected chi connectivity index (χ2v) is 7.37. The quantitative estimate of drug-likeness (QED) is 0.534. The van der Waals surface area contributed by atoms with E-state index in [9.17, 15) is 4.79 Å². The zero-order valence-electron chi connectivity index (χ0n) is 16.7. The summed E-state index contributed by atoms with van der Waals surface area (Å²) >= 11 is 0. The summed E-state index contributed by atoms with van der Waals surface area (Å²) in [4.78, 5) is 24.9. The van der Waals surface area contributed by atoms with Crippen molar-refractivity contribution in [1.29, 1.82) is 0 Å². The molecular weight excluding hydrogens is 380 g/mol. The van der Waals surface area contributed by atoms with Crippen molar-refractivity contribution in [2.45, 2.75) is 19.4 Å². The van der Waals surface area contributed by atoms with Crippen LogP contribution in [-0.2, 0) is 11.3 Å². The fourth-order valence-corrected chi connectivity index (χ4v) is 3.96. The summed E-state index contributed by atoms with van der Waals surface area (Å²) in [5.41, 5.74) is 2.92. The Bertz CT molecular complexity index is 1230. The Kier molecular flexibility index (Phi) is 4.80. The molecule has 0 radical (unpaired) electrons. The highest BCUT2D eigenvalue weighted by Crippen LogP contribution is 2.30. The van der Waals surface area contributed by atoms with E-state index in [0.29, 0.717) is 17.2 Å². The largest absolute Gasteiger partial charge is 0.451 e. The first kappa shape index (κ1) is 18.6. The van der Waals surface area contributed by atoms with Crippen molar-refractivity contribution >= 4 is 39.5 Å². The zero-order valence-corrected chi connectivity index (χ0v) is 16.7. The third-order valence-electron chi connectivity index (χ3n) is 5.38. The van der Waals surface area contributed by atoms with E-state index in [1.54, 1.807) is 7.11 Å². The number of aromatic nitrogens is 2. The van der Waals surface area contributed by atoms with E-state index in [1.165, 1.54) is 0 Å². The van der Waals surface area contributed by atoms with Gasteiger partial charge >= 0.3 is 0 Å². The summed E-state index contributed by atoms with van der Waals surface area (Å²) in [5.74, 6) is 1.03. The fraction of sp³-hybridized carbons (Fsp3) is 0.261. The number of fused-ring (bicyclic) bond motifs is 2. The van der Waals surface area contributed by atoms with Crippen LogP contribution in [0.3, 0.4) is 0 Å². The van der Waals surface area contributed by atoms with Crippen LogP contribution >= 0.6 is 0 Å². The molecule has 1 saturated heterocycles. The molecule has 7 heteroatoms. The zero-order chi connectivity index (χ0) is 20.5. The molecule has 152 valence electrons. The maximum absolute atomic E-state index is 13.2. The summed E-state index contributed by atoms with van der Waals surface area (Å²) in [6, 6.07) is 15.2. The van der Waals surface area contributed by atoms with Gasteiger partial charge in [0.25, 0.3) is 5.91 Å². The summed E-state index contributed by atoms with van der Waals surface area (Å²) < 4.78 is 11.2. The maximum atomic E-state index is 13.2. The minimum atomic E-state index is -0.358. The molecule has 0 spiro atoms. The maximum Gasteiger partial charge on any atom is 0.293 e. The number of para-hydroxylation sites is 3. The van der Waals surface area contributed by atoms with E-state index in [-0.39, 0.29) is 18.3 Å². The molecule has 3 heterocycles. The lowest BCUT2D eigenvalue weighted by Gasteiger charge is -2.20. The molecule has 0 bridgehead atoms. The molecule has 1 N–H and O–H groups in total. The van der Waals surface area contributed by atoms with Crippen LogP contribution < -0.4 is 10.2 Å². The molecule has 2 aromatic carbocycles. The van der Waals surface area contributed by atoms with E-state index in [1.807, 2.05) is 48.5 Å². The van der Waals surface area contributed by atoms with Gasteiger partial charge in [0, 0.05) is 31.1 Å². The van der Waals surface area contributed by atoms with E-state index < -0.39 is 0 Å². The van der Waals surface area contributed by atoms with Gasteiger partial charge in [0.1, 0.15) is 5.58 Å². The number of nitrogens with one attached hydrogen (secondary N) is 1. The molecule has 1 aliphatic heterocycles. The lowest BCUT2D eigenvalue weighted by molar-refractivity contribution is 0.0991. The second-order valence-electron chi connectivity index (χ2n) is 7.37. The van der Waals surface area contributed by atoms with Gasteiger partial charge in [-0.15, -0.1) is 0 Å². The van der Waals surface area contributed by atoms with Gasteiger partial charge in [-0.3, -0.25) is 4.79 Å². The standard InChI is InChI=1S/C23H22N4O3/c1-29-14-16-15-8-2-5-11-19(15)30-20(16)23(28)26-21-22(27-12-6-7-13-27)25-18-10-4-3-9-17(18)24-21/h2-5,8-11H,6-7,12-14H2,1H3,(H,24,26,28). The van der Waals surface area contributed by atoms with Crippen LogP contribution in [0.4, 0.5) is 11.6 Å². The number of methoxy groups -OCH3 is 1. The predicted molar refractivity (Wildman–Crippen MR) is 116 cm³/mol. The van der Waals surface area contributed by atoms with Crippen LogP contribution in [0.5, 0.6) is 0 Å². The number of amides is 1. The Labute approximate surface area is 173 Å². The molecule has 1 amide bonds. The Morgan fingerprint density at radius 3 is 2.53 bits per heavy atom. The average Bonchev–Trinajstić information content (AvgIpc) is 3.42. The van der Waals surface area contributed by atoms with Gasteiger partial charge in [0.05, 0.1) is 17.6 Å². The Morgan fingerprint density at radius 1 is 1.07 bits per heavy atom. The first-order valence-corrected chi connectivity index (χ1v) is 10.1. The number of rotatable bonds is 5. The van der Waals surface area contributed by atoms with Gasteiger partial charge in [-0.2, -0.15) is 0 Å². The van der Waals surface area contributed by atoms with E-state index in [4.69, 9.17) is 19.1 Å². The average molecular weight is 402 g/mol. The smallest absolute Gasteiger partial charge is 0.293 e. The van der Waals surface area contributed by atoms with Gasteiger partial charge in [-0.1, -0.05) is 30.3 Å². The first-order chi connectivity index (χ1) is 14.7. The van der Waals surface area contributed by atoms with Crippen molar-refractivity contribution in [3.63, 3.8) is 0 Å². The summed E-state index contributed by atoms with van der Waals surface area (Å²) in [6.07, 6.45) is 2.20. The normalized spacial score (nSPS) is 14.0. The van der Waals surface area contributed by atoms with E-state index >= 15 is 0 Å². The number of nitrogens with zero attached hydrogens (tertiary/aromatic N) is 3. The number of carbonyl (C=O) groups is 1. The van der Waals surface area contributed by atoms with Gasteiger partial charge < -0.3 is 19.4 Å². The van der Waals surface area contributed by atoms with Crippen LogP contribution in [0.1, 0.15) is 29.0 Å². The molecule has 5 rings (SSSR count). The molecule has 1 fully saturated rings. The molecule has 0 saturated carbocycles. The second kappa shape index (κ2) is 7.76. The number of ether oxygens (including phenoxy) is 1. The van der Waals surface area contributed by atoms with Crippen LogP contribution in [0.25, 0.3) is 22.0 Å². The molecule has 0 unspecified atom stereocenters. The molecule has 0 atom stereocenters. The Hall–Kier alpha value is -3.45. The monoisotopic (exact) mass is 402 g/mol. The number of benzene rings is 2. The summed E-state index contributed by atoms with van der Waals surface area (Å²) in [5, 5.41) is 3.82. The molecule has 0 aliphatic carbocycles. The van der Waals surface area contributed by atoms with Gasteiger partial charge in [0.2, 0.25) is 0 Å². The number of carbonyl (C=O) groups excluding carboxylic acids is 1. The van der Waals surface area contributed by atoms with Crippen molar-refractivity contribution in [3.8, 4) is 0 Å². The van der Waals surface area contributed by atoms with E-state index in [0.717, 1.165) is 47.9 Å². The van der Waals surface area contributed by atoms with Crippen molar-refractivity contribution in [3.05, 3.63) is 59.9 Å². The topological polar surface area (TPSA) is 80.5 Å². The van der Waals surface area contributed by atoms with Gasteiger partial charge in [-0.05, 0) is 31.0 Å². The summed E-state index contributed by atoms with van der Waals surface area (Å²) in [6.45, 7) is 2.08. The number of anilines is 2. The molecule has 1 aliphatic rings. The Morgan fingerprint density at radius 2 is 1.77 bits per heavy atom. The lowest BCUT2D eigenvalue weighted by atomic mass is 10.1.